The lowest BCUT2D eigenvalue weighted by atomic mass is 10.1. The number of carbonyl (C=O) groups excluding carboxylic acids is 3. The molecule has 194 valence electrons. The van der Waals surface area contributed by atoms with Gasteiger partial charge in [0.1, 0.15) is 18.8 Å². The fourth-order valence-electron chi connectivity index (χ4n) is 3.76. The second kappa shape index (κ2) is 11.3. The van der Waals surface area contributed by atoms with Gasteiger partial charge < -0.3 is 25.2 Å². The monoisotopic (exact) mass is 515 g/mol. The molecule has 3 N–H and O–H groups in total. The van der Waals surface area contributed by atoms with Crippen LogP contribution in [0.25, 0.3) is 6.08 Å². The van der Waals surface area contributed by atoms with Crippen LogP contribution in [0.4, 0.5) is 10.5 Å². The zero-order chi connectivity index (χ0) is 27.2. The van der Waals surface area contributed by atoms with Gasteiger partial charge in [-0.05, 0) is 48.9 Å². The van der Waals surface area contributed by atoms with Crippen molar-refractivity contribution < 1.29 is 33.8 Å². The number of urea groups is 1. The molecule has 3 aromatic rings. The molecular formula is C28H25N3O7. The molecule has 0 aromatic heterocycles. The van der Waals surface area contributed by atoms with Crippen LogP contribution in [0.5, 0.6) is 11.5 Å². The summed E-state index contributed by atoms with van der Waals surface area (Å²) < 4.78 is 11.4. The third-order valence-electron chi connectivity index (χ3n) is 5.69. The molecule has 3 aromatic carbocycles. The fraction of sp³-hybridized carbons (Fsp3) is 0.143. The van der Waals surface area contributed by atoms with Crippen LogP contribution in [0.2, 0.25) is 0 Å². The van der Waals surface area contributed by atoms with Gasteiger partial charge in [-0.15, -0.1) is 0 Å². The van der Waals surface area contributed by atoms with Crippen molar-refractivity contribution in [2.45, 2.75) is 13.5 Å². The Morgan fingerprint density at radius 3 is 2.50 bits per heavy atom. The number of carbonyl (C=O) groups is 4. The van der Waals surface area contributed by atoms with E-state index in [9.17, 15) is 24.3 Å². The molecule has 1 saturated heterocycles. The van der Waals surface area contributed by atoms with Crippen LogP contribution in [0.3, 0.4) is 0 Å². The largest absolute Gasteiger partial charge is 0.493 e. The summed E-state index contributed by atoms with van der Waals surface area (Å²) in [6.07, 6.45) is 1.43. The first kappa shape index (κ1) is 26.0. The highest BCUT2D eigenvalue weighted by molar-refractivity contribution is 6.16. The van der Waals surface area contributed by atoms with Crippen molar-refractivity contribution in [2.75, 3.05) is 19.0 Å². The molecule has 0 saturated carbocycles. The molecule has 1 fully saturated rings. The Hall–Kier alpha value is -5.12. The number of nitrogens with zero attached hydrogens (tertiary/aromatic N) is 1. The molecule has 0 bridgehead atoms. The molecule has 4 rings (SSSR count). The number of imide groups is 1. The number of carboxylic acids is 1. The van der Waals surface area contributed by atoms with Crippen LogP contribution in [-0.4, -0.2) is 47.5 Å². The van der Waals surface area contributed by atoms with Gasteiger partial charge in [-0.1, -0.05) is 42.0 Å². The number of methoxy groups -OCH3 is 1. The van der Waals surface area contributed by atoms with Crippen molar-refractivity contribution in [3.05, 3.63) is 94.7 Å². The van der Waals surface area contributed by atoms with Gasteiger partial charge in [0.25, 0.3) is 5.91 Å². The van der Waals surface area contributed by atoms with E-state index in [1.807, 2.05) is 19.1 Å². The molecule has 10 nitrogen and oxygen atoms in total. The van der Waals surface area contributed by atoms with Crippen molar-refractivity contribution >= 4 is 35.6 Å². The summed E-state index contributed by atoms with van der Waals surface area (Å²) in [5, 5.41) is 14.4. The number of ether oxygens (including phenoxy) is 2. The summed E-state index contributed by atoms with van der Waals surface area (Å²) in [7, 11) is 1.46. The SMILES string of the molecule is COc1cccc(/C=C2/NC(=O)N(CC(=O)Nc3ccc(C)cc3)C2=O)c1OCc1cccc(C(=O)O)c1. The summed E-state index contributed by atoms with van der Waals surface area (Å²) >= 11 is 0. The van der Waals surface area contributed by atoms with E-state index in [0.717, 1.165) is 10.5 Å². The quantitative estimate of drug-likeness (QED) is 0.291. The van der Waals surface area contributed by atoms with Crippen molar-refractivity contribution in [2.24, 2.45) is 0 Å². The number of para-hydroxylation sites is 1. The fourth-order valence-corrected chi connectivity index (χ4v) is 3.76. The molecule has 0 spiro atoms. The number of aryl methyl sites for hydroxylation is 1. The molecule has 38 heavy (non-hydrogen) atoms. The van der Waals surface area contributed by atoms with Gasteiger partial charge in [-0.2, -0.15) is 0 Å². The molecule has 1 aliphatic rings. The van der Waals surface area contributed by atoms with Gasteiger partial charge >= 0.3 is 12.0 Å². The number of aromatic carboxylic acids is 1. The Labute approximate surface area is 218 Å². The number of benzene rings is 3. The van der Waals surface area contributed by atoms with E-state index in [4.69, 9.17) is 9.47 Å². The normalized spacial score (nSPS) is 13.8. The second-order valence-electron chi connectivity index (χ2n) is 8.47. The van der Waals surface area contributed by atoms with E-state index in [1.165, 1.54) is 25.3 Å². The first-order valence-electron chi connectivity index (χ1n) is 11.6. The van der Waals surface area contributed by atoms with Gasteiger partial charge in [0.2, 0.25) is 5.91 Å². The van der Waals surface area contributed by atoms with E-state index in [1.54, 1.807) is 42.5 Å². The van der Waals surface area contributed by atoms with Gasteiger partial charge in [0, 0.05) is 11.3 Å². The maximum atomic E-state index is 13.0. The minimum atomic E-state index is -1.05. The Balaban J connectivity index is 1.51. The van der Waals surface area contributed by atoms with E-state index in [2.05, 4.69) is 10.6 Å². The third kappa shape index (κ3) is 5.98. The van der Waals surface area contributed by atoms with E-state index >= 15 is 0 Å². The molecule has 0 aliphatic carbocycles. The molecule has 0 unspecified atom stereocenters. The molecule has 4 amide bonds. The van der Waals surface area contributed by atoms with Crippen LogP contribution in [0.1, 0.15) is 27.0 Å². The van der Waals surface area contributed by atoms with Crippen LogP contribution in [0, 0.1) is 6.92 Å². The number of hydrogen-bond donors (Lipinski definition) is 3. The molecule has 1 heterocycles. The predicted molar refractivity (Wildman–Crippen MR) is 139 cm³/mol. The molecular weight excluding hydrogens is 490 g/mol. The first-order valence-corrected chi connectivity index (χ1v) is 11.6. The van der Waals surface area contributed by atoms with Crippen molar-refractivity contribution in [1.82, 2.24) is 10.2 Å². The van der Waals surface area contributed by atoms with Gasteiger partial charge in [-0.25, -0.2) is 14.5 Å². The van der Waals surface area contributed by atoms with Gasteiger partial charge in [-0.3, -0.25) is 9.59 Å². The molecule has 10 heteroatoms. The van der Waals surface area contributed by atoms with Crippen molar-refractivity contribution in [3.63, 3.8) is 0 Å². The number of nitrogens with one attached hydrogen (secondary N) is 2. The topological polar surface area (TPSA) is 134 Å². The zero-order valence-corrected chi connectivity index (χ0v) is 20.7. The average molecular weight is 516 g/mol. The third-order valence-corrected chi connectivity index (χ3v) is 5.69. The molecule has 0 radical (unpaired) electrons. The summed E-state index contributed by atoms with van der Waals surface area (Å²) in [6.45, 7) is 1.49. The van der Waals surface area contributed by atoms with Crippen molar-refractivity contribution in [3.8, 4) is 11.5 Å². The highest BCUT2D eigenvalue weighted by atomic mass is 16.5. The molecule has 0 atom stereocenters. The van der Waals surface area contributed by atoms with Crippen LogP contribution >= 0.6 is 0 Å². The number of rotatable bonds is 9. The standard InChI is InChI=1S/C28H25N3O7/c1-17-9-11-21(12-10-17)29-24(32)15-31-26(33)22(30-28(31)36)14-19-6-4-8-23(37-2)25(19)38-16-18-5-3-7-20(13-18)27(34)35/h3-14H,15-16H2,1-2H3,(H,29,32)(H,30,36)(H,34,35)/b22-14+. The second-order valence-corrected chi connectivity index (χ2v) is 8.47. The van der Waals surface area contributed by atoms with Gasteiger partial charge in [0.15, 0.2) is 11.5 Å². The summed E-state index contributed by atoms with van der Waals surface area (Å²) in [5.41, 5.74) is 2.72. The number of amides is 4. The molecule has 1 aliphatic heterocycles. The Bertz CT molecular complexity index is 1430. The van der Waals surface area contributed by atoms with Crippen LogP contribution < -0.4 is 20.1 Å². The van der Waals surface area contributed by atoms with Crippen molar-refractivity contribution in [1.29, 1.82) is 0 Å². The van der Waals surface area contributed by atoms with E-state index in [-0.39, 0.29) is 17.9 Å². The van der Waals surface area contributed by atoms with Gasteiger partial charge in [0.05, 0.1) is 12.7 Å². The summed E-state index contributed by atoms with van der Waals surface area (Å²) in [4.78, 5) is 50.0. The minimum absolute atomic E-state index is 0.0310. The Morgan fingerprint density at radius 1 is 1.05 bits per heavy atom. The van der Waals surface area contributed by atoms with E-state index < -0.39 is 30.4 Å². The smallest absolute Gasteiger partial charge is 0.335 e. The van der Waals surface area contributed by atoms with Crippen LogP contribution in [-0.2, 0) is 16.2 Å². The Morgan fingerprint density at radius 2 is 1.79 bits per heavy atom. The predicted octanol–water partition coefficient (Wildman–Crippen LogP) is 3.81. The maximum absolute atomic E-state index is 13.0. The van der Waals surface area contributed by atoms with E-state index in [0.29, 0.717) is 28.3 Å². The summed E-state index contributed by atoms with van der Waals surface area (Å²) in [5.74, 6) is -1.58. The average Bonchev–Trinajstić information content (AvgIpc) is 3.16. The zero-order valence-electron chi connectivity index (χ0n) is 20.7. The number of carboxylic acid groups (broad SMARTS) is 1. The lowest BCUT2D eigenvalue weighted by Crippen LogP contribution is -2.38. The minimum Gasteiger partial charge on any atom is -0.493 e. The maximum Gasteiger partial charge on any atom is 0.335 e. The van der Waals surface area contributed by atoms with Crippen LogP contribution in [0.15, 0.2) is 72.4 Å². The lowest BCUT2D eigenvalue weighted by Gasteiger charge is -2.14. The summed E-state index contributed by atoms with van der Waals surface area (Å²) in [6, 6.07) is 17.7. The number of anilines is 1. The lowest BCUT2D eigenvalue weighted by molar-refractivity contribution is -0.127. The highest BCUT2D eigenvalue weighted by Gasteiger charge is 2.35. The highest BCUT2D eigenvalue weighted by Crippen LogP contribution is 2.33. The number of hydrogen-bond acceptors (Lipinski definition) is 6. The Kier molecular flexibility index (Phi) is 7.72. The first-order chi connectivity index (χ1) is 18.2.